The maximum Gasteiger partial charge on any atom is 0.184 e. The Morgan fingerprint density at radius 1 is 1.43 bits per heavy atom. The lowest BCUT2D eigenvalue weighted by molar-refractivity contribution is 0.713. The molecule has 0 amide bonds. The van der Waals surface area contributed by atoms with Crippen molar-refractivity contribution >= 4 is 35.1 Å². The molecule has 3 N–H and O–H groups in total. The average Bonchev–Trinajstić information content (AvgIpc) is 2.31. The zero-order valence-electron chi connectivity index (χ0n) is 7.92. The largest absolute Gasteiger partial charge is 0.375 e. The number of allylic oxidation sites excluding steroid dienone is 2. The molecular weight excluding hydrogens is 218 g/mol. The van der Waals surface area contributed by atoms with E-state index < -0.39 is 0 Å². The number of thiocarbonyl (C=S) groups is 1. The van der Waals surface area contributed by atoms with Crippen molar-refractivity contribution in [1.82, 2.24) is 5.43 Å². The van der Waals surface area contributed by atoms with Crippen LogP contribution in [-0.4, -0.2) is 11.3 Å². The highest BCUT2D eigenvalue weighted by molar-refractivity contribution is 7.80. The first kappa shape index (κ1) is 11.5. The Morgan fingerprint density at radius 2 is 2.14 bits per heavy atom. The van der Waals surface area contributed by atoms with Crippen molar-refractivity contribution in [2.75, 3.05) is 0 Å². The van der Waals surface area contributed by atoms with Crippen molar-refractivity contribution in [2.45, 2.75) is 32.1 Å². The summed E-state index contributed by atoms with van der Waals surface area (Å²) in [7, 11) is 0. The molecule has 0 heterocycles. The lowest BCUT2D eigenvalue weighted by atomic mass is 10.1. The Bertz CT molecular complexity index is 273. The summed E-state index contributed by atoms with van der Waals surface area (Å²) in [5, 5.41) is 4.99. The second-order valence-electron chi connectivity index (χ2n) is 3.23. The number of hydrogen-bond donors (Lipinski definition) is 2. The Morgan fingerprint density at radius 3 is 2.86 bits per heavy atom. The molecule has 3 nitrogen and oxygen atoms in total. The summed E-state index contributed by atoms with van der Waals surface area (Å²) in [5.41, 5.74) is 8.84. The number of halogens is 1. The Hall–Kier alpha value is -0.610. The summed E-state index contributed by atoms with van der Waals surface area (Å²) in [5.74, 6) is 0. The standard InChI is InChI=1S/C9H14ClN3S/c10-8-5-3-1-2-4-7(8)6-12-13-9(11)14/h6H,1-5H2,(H3,11,13,14). The molecule has 0 fully saturated rings. The van der Waals surface area contributed by atoms with Gasteiger partial charge in [-0.15, -0.1) is 0 Å². The molecule has 0 saturated carbocycles. The van der Waals surface area contributed by atoms with Crippen molar-refractivity contribution in [3.05, 3.63) is 10.6 Å². The zero-order chi connectivity index (χ0) is 10.4. The van der Waals surface area contributed by atoms with Gasteiger partial charge in [-0.25, -0.2) is 0 Å². The van der Waals surface area contributed by atoms with Gasteiger partial charge in [0.15, 0.2) is 5.11 Å². The highest BCUT2D eigenvalue weighted by atomic mass is 35.5. The van der Waals surface area contributed by atoms with Crippen LogP contribution in [0.5, 0.6) is 0 Å². The summed E-state index contributed by atoms with van der Waals surface area (Å²) in [4.78, 5) is 0. The SMILES string of the molecule is NC(=S)NN=CC1=C(Cl)CCCCC1. The van der Waals surface area contributed by atoms with E-state index in [9.17, 15) is 0 Å². The molecule has 1 aliphatic rings. The highest BCUT2D eigenvalue weighted by Crippen LogP contribution is 2.24. The molecule has 14 heavy (non-hydrogen) atoms. The molecular formula is C9H14ClN3S. The average molecular weight is 232 g/mol. The van der Waals surface area contributed by atoms with Crippen LogP contribution in [0.4, 0.5) is 0 Å². The summed E-state index contributed by atoms with van der Waals surface area (Å²) >= 11 is 10.7. The topological polar surface area (TPSA) is 50.4 Å². The molecule has 0 aromatic heterocycles. The molecule has 0 aliphatic heterocycles. The monoisotopic (exact) mass is 231 g/mol. The van der Waals surface area contributed by atoms with Crippen molar-refractivity contribution < 1.29 is 0 Å². The smallest absolute Gasteiger partial charge is 0.184 e. The molecule has 0 spiro atoms. The number of nitrogens with zero attached hydrogens (tertiary/aromatic N) is 1. The zero-order valence-corrected chi connectivity index (χ0v) is 9.50. The fourth-order valence-electron chi connectivity index (χ4n) is 1.38. The number of nitrogens with two attached hydrogens (primary N) is 1. The van der Waals surface area contributed by atoms with Crippen molar-refractivity contribution in [3.8, 4) is 0 Å². The second kappa shape index (κ2) is 5.98. The Kier molecular flexibility index (Phi) is 4.90. The van der Waals surface area contributed by atoms with E-state index in [1.807, 2.05) is 0 Å². The Labute approximate surface area is 94.4 Å². The number of nitrogens with one attached hydrogen (secondary N) is 1. The molecule has 0 radical (unpaired) electrons. The molecule has 1 aliphatic carbocycles. The third-order valence-corrected chi connectivity index (χ3v) is 2.61. The van der Waals surface area contributed by atoms with Crippen LogP contribution >= 0.6 is 23.8 Å². The molecule has 5 heteroatoms. The Balaban J connectivity index is 2.55. The summed E-state index contributed by atoms with van der Waals surface area (Å²) in [6, 6.07) is 0. The third-order valence-electron chi connectivity index (χ3n) is 2.09. The number of hydrogen-bond acceptors (Lipinski definition) is 2. The van der Waals surface area contributed by atoms with E-state index in [0.29, 0.717) is 0 Å². The predicted octanol–water partition coefficient (Wildman–Crippen LogP) is 2.26. The van der Waals surface area contributed by atoms with Gasteiger partial charge in [0, 0.05) is 5.03 Å². The minimum Gasteiger partial charge on any atom is -0.375 e. The van der Waals surface area contributed by atoms with E-state index in [4.69, 9.17) is 17.3 Å². The maximum atomic E-state index is 6.10. The van der Waals surface area contributed by atoms with E-state index in [0.717, 1.165) is 23.4 Å². The molecule has 0 bridgehead atoms. The van der Waals surface area contributed by atoms with Crippen LogP contribution < -0.4 is 11.2 Å². The van der Waals surface area contributed by atoms with Crippen molar-refractivity contribution in [1.29, 1.82) is 0 Å². The van der Waals surface area contributed by atoms with E-state index in [2.05, 4.69) is 22.7 Å². The number of rotatable bonds is 2. The third kappa shape index (κ3) is 4.07. The van der Waals surface area contributed by atoms with Gasteiger partial charge in [-0.2, -0.15) is 5.10 Å². The van der Waals surface area contributed by atoms with Crippen LogP contribution in [0.1, 0.15) is 32.1 Å². The highest BCUT2D eigenvalue weighted by Gasteiger charge is 2.07. The minimum absolute atomic E-state index is 0.173. The van der Waals surface area contributed by atoms with Crippen LogP contribution in [0.2, 0.25) is 0 Å². The molecule has 0 unspecified atom stereocenters. The van der Waals surface area contributed by atoms with Gasteiger partial charge in [0.1, 0.15) is 0 Å². The van der Waals surface area contributed by atoms with E-state index in [1.54, 1.807) is 6.21 Å². The van der Waals surface area contributed by atoms with Crippen LogP contribution in [-0.2, 0) is 0 Å². The molecule has 0 aromatic carbocycles. The van der Waals surface area contributed by atoms with Crippen LogP contribution in [0.25, 0.3) is 0 Å². The van der Waals surface area contributed by atoms with Crippen LogP contribution in [0.15, 0.2) is 15.7 Å². The maximum absolute atomic E-state index is 6.10. The van der Waals surface area contributed by atoms with Crippen molar-refractivity contribution in [2.24, 2.45) is 10.8 Å². The van der Waals surface area contributed by atoms with Gasteiger partial charge in [0.05, 0.1) is 6.21 Å². The first-order chi connectivity index (χ1) is 6.70. The van der Waals surface area contributed by atoms with Gasteiger partial charge in [0.2, 0.25) is 0 Å². The molecule has 0 saturated heterocycles. The normalized spacial score (nSPS) is 18.4. The lowest BCUT2D eigenvalue weighted by Crippen LogP contribution is -2.24. The van der Waals surface area contributed by atoms with Crippen LogP contribution in [0, 0.1) is 0 Å². The van der Waals surface area contributed by atoms with Gasteiger partial charge < -0.3 is 5.73 Å². The summed E-state index contributed by atoms with van der Waals surface area (Å²) in [6.07, 6.45) is 7.23. The predicted molar refractivity (Wildman–Crippen MR) is 64.4 cm³/mol. The molecule has 1 rings (SSSR count). The van der Waals surface area contributed by atoms with Gasteiger partial charge in [-0.3, -0.25) is 5.43 Å². The lowest BCUT2D eigenvalue weighted by Gasteiger charge is -2.00. The molecule has 0 aromatic rings. The summed E-state index contributed by atoms with van der Waals surface area (Å²) in [6.45, 7) is 0. The first-order valence-corrected chi connectivity index (χ1v) is 5.45. The van der Waals surface area contributed by atoms with E-state index in [1.165, 1.54) is 19.3 Å². The fraction of sp³-hybridized carbons (Fsp3) is 0.556. The van der Waals surface area contributed by atoms with Gasteiger partial charge in [-0.1, -0.05) is 18.0 Å². The van der Waals surface area contributed by atoms with Crippen molar-refractivity contribution in [3.63, 3.8) is 0 Å². The number of hydrazone groups is 1. The van der Waals surface area contributed by atoms with Crippen LogP contribution in [0.3, 0.4) is 0 Å². The van der Waals surface area contributed by atoms with E-state index >= 15 is 0 Å². The second-order valence-corrected chi connectivity index (χ2v) is 4.12. The van der Waals surface area contributed by atoms with E-state index in [-0.39, 0.29) is 5.11 Å². The molecule has 0 atom stereocenters. The van der Waals surface area contributed by atoms with Gasteiger partial charge in [0.25, 0.3) is 0 Å². The fourth-order valence-corrected chi connectivity index (χ4v) is 1.71. The quantitative estimate of drug-likeness (QED) is 0.436. The minimum atomic E-state index is 0.173. The van der Waals surface area contributed by atoms with Gasteiger partial charge >= 0.3 is 0 Å². The first-order valence-electron chi connectivity index (χ1n) is 4.66. The van der Waals surface area contributed by atoms with Gasteiger partial charge in [-0.05, 0) is 43.5 Å². The summed E-state index contributed by atoms with van der Waals surface area (Å²) < 4.78 is 0. The molecule has 78 valence electrons.